The van der Waals surface area contributed by atoms with Gasteiger partial charge in [-0.25, -0.2) is 8.78 Å². The van der Waals surface area contributed by atoms with Crippen molar-refractivity contribution in [1.82, 2.24) is 0 Å². The molecule has 0 aliphatic heterocycles. The first kappa shape index (κ1) is 22.1. The van der Waals surface area contributed by atoms with Gasteiger partial charge in [-0.2, -0.15) is 8.78 Å². The molecule has 0 aromatic heterocycles. The summed E-state index contributed by atoms with van der Waals surface area (Å²) in [7, 11) is 0.826. The molecule has 0 fully saturated rings. The fourth-order valence-electron chi connectivity index (χ4n) is 2.65. The van der Waals surface area contributed by atoms with Gasteiger partial charge in [0.2, 0.25) is 11.6 Å². The monoisotopic (exact) mass is 452 g/mol. The zero-order valence-electron chi connectivity index (χ0n) is 15.7. The number of amides is 2. The predicted molar refractivity (Wildman–Crippen MR) is 107 cm³/mol. The van der Waals surface area contributed by atoms with Crippen LogP contribution in [0, 0.1) is 23.3 Å². The predicted octanol–water partition coefficient (Wildman–Crippen LogP) is 5.41. The first-order valence-corrected chi connectivity index (χ1v) is 8.99. The summed E-state index contributed by atoms with van der Waals surface area (Å²) in [4.78, 5) is 24.4. The Bertz CT molecular complexity index is 1140. The molecule has 0 radical (unpaired) electrons. The van der Waals surface area contributed by atoms with Gasteiger partial charge in [0.25, 0.3) is 11.8 Å². The third-order valence-corrected chi connectivity index (χ3v) is 4.38. The number of benzene rings is 3. The van der Waals surface area contributed by atoms with Gasteiger partial charge in [-0.3, -0.25) is 9.59 Å². The van der Waals surface area contributed by atoms with Crippen LogP contribution in [0.3, 0.4) is 0 Å². The maximum absolute atomic E-state index is 14.1. The Morgan fingerprint density at radius 2 is 1.32 bits per heavy atom. The fraction of sp³-hybridized carbons (Fsp3) is 0.0476. The van der Waals surface area contributed by atoms with Crippen molar-refractivity contribution in [1.29, 1.82) is 0 Å². The summed E-state index contributed by atoms with van der Waals surface area (Å²) in [5.74, 6) is -10.6. The van der Waals surface area contributed by atoms with Gasteiger partial charge in [0.1, 0.15) is 5.56 Å². The molecule has 5 nitrogen and oxygen atoms in total. The smallest absolute Gasteiger partial charge is 0.261 e. The number of rotatable bonds is 5. The second-order valence-electron chi connectivity index (χ2n) is 6.16. The quantitative estimate of drug-likeness (QED) is 0.402. The highest BCUT2D eigenvalue weighted by molar-refractivity contribution is 6.31. The van der Waals surface area contributed by atoms with Crippen LogP contribution in [0.25, 0.3) is 0 Å². The van der Waals surface area contributed by atoms with Gasteiger partial charge in [0, 0.05) is 22.0 Å². The molecule has 3 aromatic carbocycles. The topological polar surface area (TPSA) is 67.4 Å². The first-order valence-electron chi connectivity index (χ1n) is 8.61. The van der Waals surface area contributed by atoms with Gasteiger partial charge in [-0.05, 0) is 42.5 Å². The lowest BCUT2D eigenvalue weighted by Gasteiger charge is -2.12. The van der Waals surface area contributed by atoms with Gasteiger partial charge in [-0.1, -0.05) is 17.7 Å². The minimum Gasteiger partial charge on any atom is -0.491 e. The minimum atomic E-state index is -1.89. The minimum absolute atomic E-state index is 0.0567. The molecule has 0 heterocycles. The van der Waals surface area contributed by atoms with Crippen molar-refractivity contribution in [2.24, 2.45) is 0 Å². The highest BCUT2D eigenvalue weighted by Crippen LogP contribution is 2.30. The molecule has 0 spiro atoms. The van der Waals surface area contributed by atoms with Crippen LogP contribution < -0.4 is 15.4 Å². The highest BCUT2D eigenvalue weighted by Gasteiger charge is 2.30. The van der Waals surface area contributed by atoms with Gasteiger partial charge >= 0.3 is 0 Å². The van der Waals surface area contributed by atoms with E-state index in [9.17, 15) is 27.2 Å². The molecular weight excluding hydrogens is 440 g/mol. The molecule has 0 bridgehead atoms. The van der Waals surface area contributed by atoms with Crippen molar-refractivity contribution in [3.63, 3.8) is 0 Å². The van der Waals surface area contributed by atoms with Crippen molar-refractivity contribution in [2.75, 3.05) is 17.7 Å². The third kappa shape index (κ3) is 4.61. The zero-order valence-corrected chi connectivity index (χ0v) is 16.5. The van der Waals surface area contributed by atoms with E-state index in [1.54, 1.807) is 18.2 Å². The largest absolute Gasteiger partial charge is 0.491 e. The lowest BCUT2D eigenvalue weighted by molar-refractivity contribution is 0.101. The number of methoxy groups -OCH3 is 1. The van der Waals surface area contributed by atoms with E-state index in [4.69, 9.17) is 11.6 Å². The van der Waals surface area contributed by atoms with Crippen molar-refractivity contribution >= 4 is 34.8 Å². The number of nitrogens with one attached hydrogen (secondary N) is 2. The summed E-state index contributed by atoms with van der Waals surface area (Å²) in [6.07, 6.45) is 0. The van der Waals surface area contributed by atoms with Gasteiger partial charge in [0.05, 0.1) is 7.11 Å². The number of carbonyl (C=O) groups excluding carboxylic acids is 2. The molecule has 3 aromatic rings. The van der Waals surface area contributed by atoms with Gasteiger partial charge in [-0.15, -0.1) is 0 Å². The summed E-state index contributed by atoms with van der Waals surface area (Å²) < 4.78 is 60.0. The van der Waals surface area contributed by atoms with E-state index in [-0.39, 0.29) is 5.69 Å². The van der Waals surface area contributed by atoms with Crippen LogP contribution >= 0.6 is 11.6 Å². The SMILES string of the molecule is COc1c(F)c(F)c(C(=O)Nc2ccc(NC(=O)c3cccc(Cl)c3)cc2)c(F)c1F. The molecular formula is C21H13ClF4N2O3. The van der Waals surface area contributed by atoms with Crippen LogP contribution in [0.15, 0.2) is 48.5 Å². The molecule has 0 saturated heterocycles. The molecule has 160 valence electrons. The Labute approximate surface area is 178 Å². The first-order chi connectivity index (χ1) is 14.7. The molecule has 0 aliphatic rings. The van der Waals surface area contributed by atoms with E-state index in [0.29, 0.717) is 16.3 Å². The lowest BCUT2D eigenvalue weighted by atomic mass is 10.1. The van der Waals surface area contributed by atoms with E-state index in [1.807, 2.05) is 0 Å². The van der Waals surface area contributed by atoms with Crippen LogP contribution in [-0.2, 0) is 0 Å². The number of hydrogen-bond donors (Lipinski definition) is 2. The fourth-order valence-corrected chi connectivity index (χ4v) is 2.84. The molecule has 0 unspecified atom stereocenters. The summed E-state index contributed by atoms with van der Waals surface area (Å²) in [5.41, 5.74) is -0.711. The zero-order chi connectivity index (χ0) is 22.7. The van der Waals surface area contributed by atoms with Crippen LogP contribution in [0.4, 0.5) is 28.9 Å². The normalized spacial score (nSPS) is 10.5. The molecule has 0 atom stereocenters. The van der Waals surface area contributed by atoms with Gasteiger partial charge in [0.15, 0.2) is 17.4 Å². The highest BCUT2D eigenvalue weighted by atomic mass is 35.5. The van der Waals surface area contributed by atoms with Crippen LogP contribution in [0.2, 0.25) is 5.02 Å². The van der Waals surface area contributed by atoms with Crippen molar-refractivity contribution in [3.05, 3.63) is 87.9 Å². The molecule has 2 amide bonds. The molecule has 0 saturated carbocycles. The second kappa shape index (κ2) is 9.05. The molecule has 10 heteroatoms. The van der Waals surface area contributed by atoms with Crippen molar-refractivity contribution in [3.8, 4) is 5.75 Å². The number of carbonyl (C=O) groups is 2. The average molecular weight is 453 g/mol. The Balaban J connectivity index is 1.76. The maximum atomic E-state index is 14.1. The molecule has 3 rings (SSSR count). The molecule has 2 N–H and O–H groups in total. The van der Waals surface area contributed by atoms with E-state index in [2.05, 4.69) is 15.4 Å². The van der Waals surface area contributed by atoms with Crippen LogP contribution in [0.1, 0.15) is 20.7 Å². The summed E-state index contributed by atoms with van der Waals surface area (Å²) >= 11 is 5.84. The number of anilines is 2. The average Bonchev–Trinajstić information content (AvgIpc) is 2.74. The Morgan fingerprint density at radius 3 is 1.81 bits per heavy atom. The van der Waals surface area contributed by atoms with Crippen LogP contribution in [0.5, 0.6) is 5.75 Å². The van der Waals surface area contributed by atoms with E-state index < -0.39 is 46.4 Å². The second-order valence-corrected chi connectivity index (χ2v) is 6.60. The third-order valence-electron chi connectivity index (χ3n) is 4.14. The van der Waals surface area contributed by atoms with Crippen molar-refractivity contribution in [2.45, 2.75) is 0 Å². The van der Waals surface area contributed by atoms with Gasteiger partial charge < -0.3 is 15.4 Å². The maximum Gasteiger partial charge on any atom is 0.261 e. The summed E-state index contributed by atoms with van der Waals surface area (Å²) in [6, 6.07) is 11.7. The standard InChI is InChI=1S/C21H13ClF4N2O3/c1-31-19-17(25)15(23)14(16(24)18(19)26)21(30)28-13-7-5-12(6-8-13)27-20(29)10-3-2-4-11(22)9-10/h2-9H,1H3,(H,27,29)(H,28,30). The Morgan fingerprint density at radius 1 is 0.806 bits per heavy atom. The van der Waals surface area contributed by atoms with E-state index in [1.165, 1.54) is 30.3 Å². The molecule has 31 heavy (non-hydrogen) atoms. The summed E-state index contributed by atoms with van der Waals surface area (Å²) in [6.45, 7) is 0. The lowest BCUT2D eigenvalue weighted by Crippen LogP contribution is -2.19. The van der Waals surface area contributed by atoms with E-state index in [0.717, 1.165) is 7.11 Å². The van der Waals surface area contributed by atoms with Crippen LogP contribution in [-0.4, -0.2) is 18.9 Å². The number of ether oxygens (including phenoxy) is 1. The van der Waals surface area contributed by atoms with E-state index >= 15 is 0 Å². The summed E-state index contributed by atoms with van der Waals surface area (Å²) in [5, 5.41) is 5.11. The number of halogens is 5. The Kier molecular flexibility index (Phi) is 6.45. The molecule has 0 aliphatic carbocycles. The number of hydrogen-bond acceptors (Lipinski definition) is 3. The van der Waals surface area contributed by atoms with Crippen molar-refractivity contribution < 1.29 is 31.9 Å². The Hall–Kier alpha value is -3.59.